The second kappa shape index (κ2) is 15.6. The summed E-state index contributed by atoms with van der Waals surface area (Å²) in [5, 5.41) is 0. The smallest absolute Gasteiger partial charge is 0.0379 e. The van der Waals surface area contributed by atoms with Crippen LogP contribution in [0.15, 0.2) is 0 Å². The molecule has 0 saturated heterocycles. The van der Waals surface area contributed by atoms with E-state index in [1.807, 2.05) is 0 Å². The third-order valence-electron chi connectivity index (χ3n) is 0. The van der Waals surface area contributed by atoms with Gasteiger partial charge in [0.1, 0.15) is 0 Å². The summed E-state index contributed by atoms with van der Waals surface area (Å²) in [6.45, 7) is 6.81. The van der Waals surface area contributed by atoms with Gasteiger partial charge >= 0.3 is 0 Å². The molecule has 4 heteroatoms. The van der Waals surface area contributed by atoms with Crippen molar-refractivity contribution in [3.8, 4) is 0 Å². The average Bonchev–Trinajstić information content (AvgIpc) is 0.811. The van der Waals surface area contributed by atoms with Crippen LogP contribution in [0.5, 0.6) is 0 Å². The molecule has 0 spiro atoms. The molecule has 0 bridgehead atoms. The van der Waals surface area contributed by atoms with Crippen LogP contribution in [-0.2, 0) is 25.8 Å². The topological polar surface area (TPSA) is 0 Å². The first-order valence-corrected chi connectivity index (χ1v) is 4.50. The quantitative estimate of drug-likeness (QED) is 0.394. The molecule has 0 rings (SSSR count). The minimum Gasteiger partial charge on any atom is -1.00 e. The fourth-order valence-electron chi connectivity index (χ4n) is 0. The van der Waals surface area contributed by atoms with E-state index in [4.69, 9.17) is 0 Å². The molecule has 7 heavy (non-hydrogen) atoms. The molecule has 45 valence electrons. The Balaban J connectivity index is -0.0000000150. The van der Waals surface area contributed by atoms with Crippen molar-refractivity contribution in [3.63, 3.8) is 0 Å². The number of rotatable bonds is 0. The molecule has 0 fully saturated rings. The van der Waals surface area contributed by atoms with Crippen LogP contribution < -0.4 is 24.8 Å². The van der Waals surface area contributed by atoms with Gasteiger partial charge in [-0.15, -0.1) is 0 Å². The molecule has 0 unspecified atom stereocenters. The molecule has 0 nitrogen and oxygen atoms in total. The van der Waals surface area contributed by atoms with Crippen molar-refractivity contribution in [1.82, 2.24) is 0 Å². The summed E-state index contributed by atoms with van der Waals surface area (Å²) in [5.41, 5.74) is 0. The molecule has 0 aliphatic rings. The summed E-state index contributed by atoms with van der Waals surface area (Å²) >= 11 is 0. The molecule has 0 aliphatic heterocycles. The van der Waals surface area contributed by atoms with E-state index in [1.54, 1.807) is 0 Å². The largest absolute Gasteiger partial charge is 1.00 e. The van der Waals surface area contributed by atoms with E-state index in [-0.39, 0.29) is 59.5 Å². The first-order chi connectivity index (χ1) is 1.73. The Bertz CT molecular complexity index is 17.7. The fourth-order valence-corrected chi connectivity index (χ4v) is 0. The monoisotopic (exact) mass is 323 g/mol. The Hall–Kier alpha value is 1.67. The van der Waals surface area contributed by atoms with E-state index >= 15 is 0 Å². The minimum absolute atomic E-state index is 0. The number of hydrogen-bond donors (Lipinski definition) is 0. The fraction of sp³-hybridized carbons (Fsp3) is 1.00. The normalized spacial score (nSPS) is 5.14. The maximum absolute atomic E-state index is 2.27. The van der Waals surface area contributed by atoms with Gasteiger partial charge in [-0.25, -0.2) is 0 Å². The Kier molecular flexibility index (Phi) is 52.3. The van der Waals surface area contributed by atoms with Gasteiger partial charge in [0.05, 0.1) is 0 Å². The molecule has 0 aromatic rings. The molecule has 0 aromatic carbocycles. The molecular weight excluding hydrogens is 314 g/mol. The van der Waals surface area contributed by atoms with E-state index in [0.29, 0.717) is 0 Å². The van der Waals surface area contributed by atoms with E-state index < -0.39 is 0 Å². The Morgan fingerprint density at radius 2 is 0.857 bits per heavy atom. The average molecular weight is 323 g/mol. The summed E-state index contributed by atoms with van der Waals surface area (Å²) in [7, 11) is 0.120. The predicted octanol–water partition coefficient (Wildman–Crippen LogP) is -4.62. The third-order valence-corrected chi connectivity index (χ3v) is 0. The first-order valence-electron chi connectivity index (χ1n) is 1.50. The molecule has 1 radical (unpaired) electrons. The Morgan fingerprint density at radius 1 is 0.857 bits per heavy atom. The summed E-state index contributed by atoms with van der Waals surface area (Å²) in [5.74, 6) is 0. The van der Waals surface area contributed by atoms with Crippen LogP contribution in [-0.4, -0.2) is 8.80 Å². The Labute approximate surface area is 78.7 Å². The maximum Gasteiger partial charge on any atom is 0.0379 e. The van der Waals surface area contributed by atoms with Gasteiger partial charge in [0.15, 0.2) is 0 Å². The molecule has 0 N–H and O–H groups in total. The standard InChI is InChI=1S/C3H9Si.2ClH.Hf/c1-4(2)3;;;/h1-3H3;2*1H;/p-2. The summed E-state index contributed by atoms with van der Waals surface area (Å²) in [6.07, 6.45) is 0. The molecule has 0 aliphatic carbocycles. The first kappa shape index (κ1) is 23.4. The van der Waals surface area contributed by atoms with Gasteiger partial charge in [0.25, 0.3) is 0 Å². The van der Waals surface area contributed by atoms with Gasteiger partial charge < -0.3 is 24.8 Å². The zero-order valence-corrected chi connectivity index (χ0v) is 10.9. The van der Waals surface area contributed by atoms with Gasteiger partial charge in [-0.05, 0) is 0 Å². The van der Waals surface area contributed by atoms with Gasteiger partial charge in [0, 0.05) is 34.6 Å². The van der Waals surface area contributed by atoms with Gasteiger partial charge in [0.2, 0.25) is 0 Å². The van der Waals surface area contributed by atoms with Crippen molar-refractivity contribution in [2.24, 2.45) is 0 Å². The van der Waals surface area contributed by atoms with Crippen LogP contribution >= 0.6 is 0 Å². The summed E-state index contributed by atoms with van der Waals surface area (Å²) in [6, 6.07) is 0. The zero-order valence-electron chi connectivity index (χ0n) is 4.76. The van der Waals surface area contributed by atoms with Gasteiger partial charge in [-0.3, -0.25) is 0 Å². The second-order valence-electron chi connectivity index (χ2n) is 1.50. The predicted molar refractivity (Wildman–Crippen MR) is 23.3 cm³/mol. The minimum atomic E-state index is 0. The van der Waals surface area contributed by atoms with Crippen LogP contribution in [0.4, 0.5) is 0 Å². The second-order valence-corrected chi connectivity index (χ2v) is 4.50. The van der Waals surface area contributed by atoms with Crippen molar-refractivity contribution < 1.29 is 50.7 Å². The van der Waals surface area contributed by atoms with Gasteiger partial charge in [-0.2, -0.15) is 0 Å². The van der Waals surface area contributed by atoms with Crippen molar-refractivity contribution in [1.29, 1.82) is 0 Å². The van der Waals surface area contributed by atoms with Crippen molar-refractivity contribution >= 4 is 8.80 Å². The number of halogens is 2. The van der Waals surface area contributed by atoms with Crippen LogP contribution in [0.2, 0.25) is 19.6 Å². The third kappa shape index (κ3) is 88.6. The van der Waals surface area contributed by atoms with Crippen LogP contribution in [0.1, 0.15) is 0 Å². The molecule has 0 atom stereocenters. The summed E-state index contributed by atoms with van der Waals surface area (Å²) in [4.78, 5) is 0. The van der Waals surface area contributed by atoms with E-state index in [1.165, 1.54) is 0 Å². The molecule has 0 amide bonds. The van der Waals surface area contributed by atoms with E-state index in [0.717, 1.165) is 0 Å². The van der Waals surface area contributed by atoms with Crippen molar-refractivity contribution in [3.05, 3.63) is 0 Å². The van der Waals surface area contributed by atoms with Crippen LogP contribution in [0.25, 0.3) is 0 Å². The van der Waals surface area contributed by atoms with Crippen LogP contribution in [0.3, 0.4) is 0 Å². The Morgan fingerprint density at radius 3 is 0.857 bits per heavy atom. The SMILES string of the molecule is C[Si](C)C.[Cl-].[Cl-].[Hf]. The maximum atomic E-state index is 2.27. The van der Waals surface area contributed by atoms with Crippen LogP contribution in [0, 0.1) is 0 Å². The number of hydrogen-bond acceptors (Lipinski definition) is 0. The van der Waals surface area contributed by atoms with Gasteiger partial charge in [-0.1, -0.05) is 19.6 Å². The van der Waals surface area contributed by atoms with E-state index in [2.05, 4.69) is 19.6 Å². The van der Waals surface area contributed by atoms with Crippen molar-refractivity contribution in [2.45, 2.75) is 19.6 Å². The summed E-state index contributed by atoms with van der Waals surface area (Å²) < 4.78 is 0. The molecular formula is C3H9Cl2HfSi-2. The van der Waals surface area contributed by atoms with Crippen molar-refractivity contribution in [2.75, 3.05) is 0 Å². The van der Waals surface area contributed by atoms with E-state index in [9.17, 15) is 0 Å². The molecule has 0 aromatic heterocycles. The zero-order chi connectivity index (χ0) is 3.58. The molecule has 0 heterocycles. The molecule has 0 saturated carbocycles.